The zero-order chi connectivity index (χ0) is 12.3. The van der Waals surface area contributed by atoms with Gasteiger partial charge in [-0.05, 0) is 17.7 Å². The third-order valence-electron chi connectivity index (χ3n) is 2.06. The first-order valence-electron chi connectivity index (χ1n) is 4.16. The Bertz CT molecular complexity index is 469. The van der Waals surface area contributed by atoms with E-state index in [1.165, 1.54) is 6.07 Å². The fourth-order valence-electron chi connectivity index (χ4n) is 1.35. The standard InChI is InChI=1S/C10H6ClF2NO2/c11-3-7-5(4-14)1-2-6(10(15)16)8(7)9(12)13/h1-2,9H,3H2,(H,15,16). The highest BCUT2D eigenvalue weighted by atomic mass is 35.5. The summed E-state index contributed by atoms with van der Waals surface area (Å²) in [5.41, 5.74) is -1.36. The average molecular weight is 246 g/mol. The molecule has 0 aliphatic rings. The topological polar surface area (TPSA) is 61.1 Å². The van der Waals surface area contributed by atoms with Crippen LogP contribution in [0.4, 0.5) is 8.78 Å². The number of benzene rings is 1. The van der Waals surface area contributed by atoms with E-state index >= 15 is 0 Å². The predicted molar refractivity (Wildman–Crippen MR) is 52.6 cm³/mol. The van der Waals surface area contributed by atoms with Crippen LogP contribution in [-0.2, 0) is 5.88 Å². The molecule has 0 saturated carbocycles. The van der Waals surface area contributed by atoms with E-state index in [2.05, 4.69) is 0 Å². The maximum absolute atomic E-state index is 12.7. The minimum Gasteiger partial charge on any atom is -0.478 e. The molecule has 0 radical (unpaired) electrons. The van der Waals surface area contributed by atoms with Gasteiger partial charge in [0, 0.05) is 11.4 Å². The zero-order valence-corrected chi connectivity index (χ0v) is 8.63. The van der Waals surface area contributed by atoms with Gasteiger partial charge in [0.2, 0.25) is 0 Å². The molecular weight excluding hydrogens is 240 g/mol. The molecule has 0 fully saturated rings. The van der Waals surface area contributed by atoms with Gasteiger partial charge in [0.05, 0.1) is 17.2 Å². The summed E-state index contributed by atoms with van der Waals surface area (Å²) in [5.74, 6) is -1.80. The lowest BCUT2D eigenvalue weighted by Gasteiger charge is -2.11. The second-order valence-corrected chi connectivity index (χ2v) is 3.17. The molecule has 0 aromatic heterocycles. The molecule has 0 aliphatic heterocycles. The molecule has 0 bridgehead atoms. The molecule has 0 amide bonds. The van der Waals surface area contributed by atoms with E-state index in [1.54, 1.807) is 6.07 Å². The van der Waals surface area contributed by atoms with Crippen LogP contribution in [-0.4, -0.2) is 11.1 Å². The van der Waals surface area contributed by atoms with E-state index in [9.17, 15) is 13.6 Å². The smallest absolute Gasteiger partial charge is 0.336 e. The number of aromatic carboxylic acids is 1. The molecule has 0 atom stereocenters. The van der Waals surface area contributed by atoms with Crippen molar-refractivity contribution in [1.82, 2.24) is 0 Å². The van der Waals surface area contributed by atoms with Crippen LogP contribution < -0.4 is 0 Å². The Morgan fingerprint density at radius 2 is 2.19 bits per heavy atom. The molecule has 0 saturated heterocycles. The maximum atomic E-state index is 12.7. The molecule has 1 aromatic rings. The summed E-state index contributed by atoms with van der Waals surface area (Å²) in [7, 11) is 0. The third-order valence-corrected chi connectivity index (χ3v) is 2.33. The van der Waals surface area contributed by atoms with Gasteiger partial charge in [0.25, 0.3) is 6.43 Å². The minimum absolute atomic E-state index is 0.0321. The minimum atomic E-state index is -2.98. The fourth-order valence-corrected chi connectivity index (χ4v) is 1.64. The Hall–Kier alpha value is -1.67. The second kappa shape index (κ2) is 4.90. The highest BCUT2D eigenvalue weighted by molar-refractivity contribution is 6.17. The Morgan fingerprint density at radius 3 is 2.56 bits per heavy atom. The highest BCUT2D eigenvalue weighted by Crippen LogP contribution is 2.30. The first-order valence-corrected chi connectivity index (χ1v) is 4.69. The van der Waals surface area contributed by atoms with Gasteiger partial charge in [-0.1, -0.05) is 0 Å². The summed E-state index contributed by atoms with van der Waals surface area (Å²) in [6.07, 6.45) is -2.98. The molecule has 0 unspecified atom stereocenters. The van der Waals surface area contributed by atoms with Crippen molar-refractivity contribution in [2.24, 2.45) is 0 Å². The predicted octanol–water partition coefficient (Wildman–Crippen LogP) is 2.93. The molecule has 6 heteroatoms. The lowest BCUT2D eigenvalue weighted by atomic mass is 9.97. The van der Waals surface area contributed by atoms with Gasteiger partial charge in [-0.25, -0.2) is 13.6 Å². The summed E-state index contributed by atoms with van der Waals surface area (Å²) in [6.45, 7) is 0. The zero-order valence-electron chi connectivity index (χ0n) is 7.88. The average Bonchev–Trinajstić information content (AvgIpc) is 2.26. The van der Waals surface area contributed by atoms with Gasteiger partial charge in [0.15, 0.2) is 0 Å². The van der Waals surface area contributed by atoms with Gasteiger partial charge in [0.1, 0.15) is 0 Å². The van der Waals surface area contributed by atoms with Crippen molar-refractivity contribution in [3.05, 3.63) is 34.4 Å². The number of hydrogen-bond acceptors (Lipinski definition) is 2. The molecule has 1 N–H and O–H groups in total. The lowest BCUT2D eigenvalue weighted by molar-refractivity contribution is 0.0684. The van der Waals surface area contributed by atoms with Crippen LogP contribution in [0.25, 0.3) is 0 Å². The normalized spacial score (nSPS) is 10.2. The largest absolute Gasteiger partial charge is 0.478 e. The summed E-state index contributed by atoms with van der Waals surface area (Å²) >= 11 is 5.46. The van der Waals surface area contributed by atoms with Crippen LogP contribution in [0.15, 0.2) is 12.1 Å². The maximum Gasteiger partial charge on any atom is 0.336 e. The number of carboxylic acids is 1. The first-order chi connectivity index (χ1) is 7.52. The number of halogens is 3. The Morgan fingerprint density at radius 1 is 1.56 bits per heavy atom. The van der Waals surface area contributed by atoms with Gasteiger partial charge in [-0.2, -0.15) is 5.26 Å². The van der Waals surface area contributed by atoms with Crippen LogP contribution in [0.5, 0.6) is 0 Å². The van der Waals surface area contributed by atoms with E-state index in [1.807, 2.05) is 0 Å². The van der Waals surface area contributed by atoms with Crippen LogP contribution in [0, 0.1) is 11.3 Å². The van der Waals surface area contributed by atoms with Crippen LogP contribution in [0.2, 0.25) is 0 Å². The van der Waals surface area contributed by atoms with Crippen molar-refractivity contribution in [1.29, 1.82) is 5.26 Å². The Balaban J connectivity index is 3.58. The van der Waals surface area contributed by atoms with Crippen molar-refractivity contribution in [2.75, 3.05) is 0 Å². The molecule has 0 spiro atoms. The lowest BCUT2D eigenvalue weighted by Crippen LogP contribution is -2.07. The molecule has 3 nitrogen and oxygen atoms in total. The summed E-state index contributed by atoms with van der Waals surface area (Å²) in [5, 5.41) is 17.4. The van der Waals surface area contributed by atoms with Crippen molar-refractivity contribution >= 4 is 17.6 Å². The van der Waals surface area contributed by atoms with Crippen LogP contribution in [0.1, 0.15) is 33.5 Å². The quantitative estimate of drug-likeness (QED) is 0.833. The fraction of sp³-hybridized carbons (Fsp3) is 0.200. The summed E-state index contributed by atoms with van der Waals surface area (Å²) in [6, 6.07) is 3.86. The van der Waals surface area contributed by atoms with E-state index in [0.29, 0.717) is 0 Å². The molecule has 0 aliphatic carbocycles. The molecular formula is C10H6ClF2NO2. The summed E-state index contributed by atoms with van der Waals surface area (Å²) in [4.78, 5) is 10.7. The Kier molecular flexibility index (Phi) is 3.80. The first kappa shape index (κ1) is 12.4. The number of carboxylic acid groups (broad SMARTS) is 1. The van der Waals surface area contributed by atoms with Gasteiger partial charge >= 0.3 is 5.97 Å². The number of nitrogens with zero attached hydrogens (tertiary/aromatic N) is 1. The molecule has 1 aromatic carbocycles. The number of carbonyl (C=O) groups is 1. The second-order valence-electron chi connectivity index (χ2n) is 2.90. The van der Waals surface area contributed by atoms with E-state index in [-0.39, 0.29) is 17.0 Å². The molecule has 84 valence electrons. The highest BCUT2D eigenvalue weighted by Gasteiger charge is 2.23. The van der Waals surface area contributed by atoms with Crippen molar-refractivity contribution < 1.29 is 18.7 Å². The third kappa shape index (κ3) is 2.12. The van der Waals surface area contributed by atoms with Gasteiger partial charge < -0.3 is 5.11 Å². The van der Waals surface area contributed by atoms with E-state index in [4.69, 9.17) is 22.0 Å². The monoisotopic (exact) mass is 245 g/mol. The molecule has 1 rings (SSSR count). The van der Waals surface area contributed by atoms with E-state index < -0.39 is 23.5 Å². The van der Waals surface area contributed by atoms with Crippen LogP contribution in [0.3, 0.4) is 0 Å². The van der Waals surface area contributed by atoms with Crippen molar-refractivity contribution in [3.63, 3.8) is 0 Å². The molecule has 0 heterocycles. The number of nitriles is 1. The SMILES string of the molecule is N#Cc1ccc(C(=O)O)c(C(F)F)c1CCl. The number of alkyl halides is 3. The van der Waals surface area contributed by atoms with E-state index in [0.717, 1.165) is 6.07 Å². The Labute approximate surface area is 94.9 Å². The number of rotatable bonds is 3. The van der Waals surface area contributed by atoms with Crippen molar-refractivity contribution in [2.45, 2.75) is 12.3 Å². The van der Waals surface area contributed by atoms with Gasteiger partial charge in [-0.15, -0.1) is 11.6 Å². The van der Waals surface area contributed by atoms with Gasteiger partial charge in [-0.3, -0.25) is 0 Å². The molecule has 16 heavy (non-hydrogen) atoms. The number of hydrogen-bond donors (Lipinski definition) is 1. The van der Waals surface area contributed by atoms with Crippen LogP contribution >= 0.6 is 11.6 Å². The summed E-state index contributed by atoms with van der Waals surface area (Å²) < 4.78 is 25.4. The van der Waals surface area contributed by atoms with Crippen molar-refractivity contribution in [3.8, 4) is 6.07 Å².